The van der Waals surface area contributed by atoms with Gasteiger partial charge in [0.1, 0.15) is 12.2 Å². The number of carbonyl (C=O) groups excluding carboxylic acids is 4. The zero-order valence-electron chi connectivity index (χ0n) is 21.3. The van der Waals surface area contributed by atoms with Crippen LogP contribution in [0.1, 0.15) is 97.3 Å². The molecule has 0 saturated carbocycles. The molecule has 1 heterocycles. The van der Waals surface area contributed by atoms with E-state index in [1.165, 1.54) is 0 Å². The van der Waals surface area contributed by atoms with Gasteiger partial charge in [0.05, 0.1) is 26.1 Å². The Balaban J connectivity index is 2.98. The van der Waals surface area contributed by atoms with E-state index in [1.54, 1.807) is 0 Å². The maximum absolute atomic E-state index is 12.7. The topological polar surface area (TPSA) is 151 Å². The number of carbonyl (C=O) groups is 4. The van der Waals surface area contributed by atoms with Gasteiger partial charge in [-0.15, -0.1) is 0 Å². The van der Waals surface area contributed by atoms with E-state index in [4.69, 9.17) is 9.47 Å². The number of cyclic esters (lactones) is 2. The number of hydrogen-bond acceptors (Lipinski definition) is 8. The maximum atomic E-state index is 12.7. The Morgan fingerprint density at radius 2 is 1.03 bits per heavy atom. The molecule has 0 spiro atoms. The van der Waals surface area contributed by atoms with Gasteiger partial charge < -0.3 is 30.3 Å². The van der Waals surface area contributed by atoms with Crippen molar-refractivity contribution in [3.8, 4) is 0 Å². The third kappa shape index (κ3) is 12.9. The van der Waals surface area contributed by atoms with Crippen LogP contribution in [0, 0.1) is 0 Å². The van der Waals surface area contributed by atoms with Crippen LogP contribution in [0.25, 0.3) is 0 Å². The molecule has 0 bridgehead atoms. The highest BCUT2D eigenvalue weighted by Gasteiger charge is 2.31. The minimum atomic E-state index is -1.28. The smallest absolute Gasteiger partial charge is 0.331 e. The van der Waals surface area contributed by atoms with Crippen molar-refractivity contribution >= 4 is 23.8 Å². The molecule has 0 radical (unpaired) electrons. The van der Waals surface area contributed by atoms with Crippen molar-refractivity contribution in [1.29, 1.82) is 0 Å². The Labute approximate surface area is 208 Å². The first-order valence-electron chi connectivity index (χ1n) is 13.1. The first-order valence-corrected chi connectivity index (χ1v) is 13.1. The standard InChI is InChI=1S/C25H44N2O8/c1-3-5-7-9-11-13-19-15-23(31)27-20(16-28)24(32)34-18(12-10-8-6-4-2)14-22(30)26-21(17-29)25(33)35-19/h18-21,28-29H,3-17H2,1-2H3,(H,26,30)(H,27,31)/t18-,19-,20+,21+/m1/s1. The van der Waals surface area contributed by atoms with Gasteiger partial charge in [-0.05, 0) is 25.7 Å². The zero-order chi connectivity index (χ0) is 26.1. The fourth-order valence-electron chi connectivity index (χ4n) is 3.95. The van der Waals surface area contributed by atoms with Gasteiger partial charge in [-0.3, -0.25) is 9.59 Å². The van der Waals surface area contributed by atoms with Crippen LogP contribution in [0.2, 0.25) is 0 Å². The van der Waals surface area contributed by atoms with Gasteiger partial charge in [0.2, 0.25) is 11.8 Å². The fourth-order valence-corrected chi connectivity index (χ4v) is 3.95. The van der Waals surface area contributed by atoms with Crippen LogP contribution < -0.4 is 10.6 Å². The van der Waals surface area contributed by atoms with E-state index in [0.29, 0.717) is 12.8 Å². The zero-order valence-corrected chi connectivity index (χ0v) is 21.3. The molecule has 1 aliphatic rings. The molecule has 1 aliphatic heterocycles. The average molecular weight is 501 g/mol. The van der Waals surface area contributed by atoms with Gasteiger partial charge in [-0.1, -0.05) is 58.8 Å². The molecule has 0 aromatic heterocycles. The molecule has 0 aromatic rings. The highest BCUT2D eigenvalue weighted by atomic mass is 16.6. The first kappa shape index (κ1) is 30.8. The number of amides is 2. The molecule has 0 unspecified atom stereocenters. The normalized spacial score (nSPS) is 24.7. The molecule has 202 valence electrons. The van der Waals surface area contributed by atoms with Crippen molar-refractivity contribution in [2.75, 3.05) is 13.2 Å². The molecule has 2 amide bonds. The summed E-state index contributed by atoms with van der Waals surface area (Å²) in [4.78, 5) is 50.5. The van der Waals surface area contributed by atoms with E-state index < -0.39 is 61.3 Å². The minimum Gasteiger partial charge on any atom is -0.460 e. The lowest BCUT2D eigenvalue weighted by Gasteiger charge is -2.25. The van der Waals surface area contributed by atoms with Gasteiger partial charge in [0, 0.05) is 0 Å². The number of nitrogens with one attached hydrogen (secondary N) is 2. The largest absolute Gasteiger partial charge is 0.460 e. The highest BCUT2D eigenvalue weighted by Crippen LogP contribution is 2.16. The van der Waals surface area contributed by atoms with Crippen molar-refractivity contribution in [3.63, 3.8) is 0 Å². The Kier molecular flexibility index (Phi) is 16.0. The molecule has 1 rings (SSSR count). The lowest BCUT2D eigenvalue weighted by atomic mass is 10.0. The predicted octanol–water partition coefficient (Wildman–Crippen LogP) is 1.89. The predicted molar refractivity (Wildman–Crippen MR) is 129 cm³/mol. The third-order valence-corrected chi connectivity index (χ3v) is 6.01. The second-order valence-electron chi connectivity index (χ2n) is 9.18. The van der Waals surface area contributed by atoms with Gasteiger partial charge in [-0.25, -0.2) is 9.59 Å². The van der Waals surface area contributed by atoms with Crippen LogP contribution in [0.15, 0.2) is 0 Å². The monoisotopic (exact) mass is 500 g/mol. The highest BCUT2D eigenvalue weighted by molar-refractivity contribution is 5.87. The maximum Gasteiger partial charge on any atom is 0.331 e. The Bertz CT molecular complexity index is 657. The quantitative estimate of drug-likeness (QED) is 0.221. The molecule has 4 N–H and O–H groups in total. The molecular weight excluding hydrogens is 456 g/mol. The molecule has 1 saturated heterocycles. The lowest BCUT2D eigenvalue weighted by Crippen LogP contribution is -2.49. The number of unbranched alkanes of at least 4 members (excludes halogenated alkanes) is 7. The number of hydrogen-bond donors (Lipinski definition) is 4. The minimum absolute atomic E-state index is 0.212. The van der Waals surface area contributed by atoms with Crippen molar-refractivity contribution in [2.24, 2.45) is 0 Å². The van der Waals surface area contributed by atoms with Crippen molar-refractivity contribution < 1.29 is 38.9 Å². The second-order valence-corrected chi connectivity index (χ2v) is 9.18. The number of aliphatic hydroxyl groups excluding tert-OH is 2. The van der Waals surface area contributed by atoms with Gasteiger partial charge in [0.25, 0.3) is 0 Å². The van der Waals surface area contributed by atoms with Gasteiger partial charge in [-0.2, -0.15) is 0 Å². The SMILES string of the molecule is CCCCCCC[C@@H]1CC(=O)N[C@@H](CO)C(=O)O[C@H](CCCCCC)CC(=O)N[C@@H](CO)C(=O)O1. The molecule has 10 nitrogen and oxygen atoms in total. The van der Waals surface area contributed by atoms with Gasteiger partial charge >= 0.3 is 11.9 Å². The van der Waals surface area contributed by atoms with Gasteiger partial charge in [0.15, 0.2) is 12.1 Å². The Morgan fingerprint density at radius 3 is 1.40 bits per heavy atom. The Hall–Kier alpha value is -2.20. The first-order chi connectivity index (χ1) is 16.8. The summed E-state index contributed by atoms with van der Waals surface area (Å²) >= 11 is 0. The second kappa shape index (κ2) is 18.1. The molecule has 0 aromatic carbocycles. The van der Waals surface area contributed by atoms with E-state index >= 15 is 0 Å². The van der Waals surface area contributed by atoms with Crippen LogP contribution in [-0.2, 0) is 28.7 Å². The summed E-state index contributed by atoms with van der Waals surface area (Å²) in [6.45, 7) is 2.85. The summed E-state index contributed by atoms with van der Waals surface area (Å²) in [6, 6.07) is -2.56. The fraction of sp³-hybridized carbons (Fsp3) is 0.840. The number of aliphatic hydroxyl groups is 2. The molecule has 1 fully saturated rings. The van der Waals surface area contributed by atoms with E-state index in [0.717, 1.165) is 57.8 Å². The summed E-state index contributed by atoms with van der Waals surface area (Å²) in [5, 5.41) is 24.2. The van der Waals surface area contributed by atoms with Crippen LogP contribution >= 0.6 is 0 Å². The van der Waals surface area contributed by atoms with E-state index in [2.05, 4.69) is 24.5 Å². The van der Waals surface area contributed by atoms with Crippen molar-refractivity contribution in [2.45, 2.75) is 122 Å². The molecular formula is C25H44N2O8. The summed E-state index contributed by atoms with van der Waals surface area (Å²) in [5.41, 5.74) is 0. The lowest BCUT2D eigenvalue weighted by molar-refractivity contribution is -0.160. The molecule has 35 heavy (non-hydrogen) atoms. The average Bonchev–Trinajstić information content (AvgIpc) is 2.82. The van der Waals surface area contributed by atoms with Crippen LogP contribution in [0.4, 0.5) is 0 Å². The number of ether oxygens (including phenoxy) is 2. The van der Waals surface area contributed by atoms with E-state index in [-0.39, 0.29) is 12.8 Å². The number of rotatable bonds is 13. The van der Waals surface area contributed by atoms with Crippen molar-refractivity contribution in [3.05, 3.63) is 0 Å². The molecule has 10 heteroatoms. The number of esters is 2. The summed E-state index contributed by atoms with van der Waals surface area (Å²) in [5.74, 6) is -2.77. The Morgan fingerprint density at radius 1 is 0.657 bits per heavy atom. The third-order valence-electron chi connectivity index (χ3n) is 6.01. The molecule has 4 atom stereocenters. The summed E-state index contributed by atoms with van der Waals surface area (Å²) < 4.78 is 11.0. The van der Waals surface area contributed by atoms with Crippen molar-refractivity contribution in [1.82, 2.24) is 10.6 Å². The summed E-state index contributed by atoms with van der Waals surface area (Å²) in [6.07, 6.45) is 7.30. The van der Waals surface area contributed by atoms with E-state index in [9.17, 15) is 29.4 Å². The van der Waals surface area contributed by atoms with E-state index in [1.807, 2.05) is 0 Å². The van der Waals surface area contributed by atoms with Crippen LogP contribution in [-0.4, -0.2) is 71.5 Å². The molecule has 0 aliphatic carbocycles. The van der Waals surface area contributed by atoms with Crippen LogP contribution in [0.3, 0.4) is 0 Å². The summed E-state index contributed by atoms with van der Waals surface area (Å²) in [7, 11) is 0. The van der Waals surface area contributed by atoms with Crippen LogP contribution in [0.5, 0.6) is 0 Å².